The molecule has 0 saturated carbocycles. The van der Waals surface area contributed by atoms with Crippen LogP contribution in [0.3, 0.4) is 0 Å². The van der Waals surface area contributed by atoms with Crippen molar-refractivity contribution in [3.8, 4) is 22.3 Å². The summed E-state index contributed by atoms with van der Waals surface area (Å²) in [6, 6.07) is 14.2. The lowest BCUT2D eigenvalue weighted by Gasteiger charge is -2.38. The Kier molecular flexibility index (Phi) is 6.18. The molecule has 0 atom stereocenters. The Morgan fingerprint density at radius 2 is 1.64 bits per heavy atom. The molecule has 1 aliphatic rings. The zero-order valence-electron chi connectivity index (χ0n) is 21.7. The molecule has 4 aromatic rings. The fourth-order valence-electron chi connectivity index (χ4n) is 5.55. The third kappa shape index (κ3) is 4.31. The number of nitrogens with zero attached hydrogens (tertiary/aromatic N) is 3. The zero-order chi connectivity index (χ0) is 25.6. The second kappa shape index (κ2) is 9.19. The molecular weight excluding hydrogens is 448 g/mol. The highest BCUT2D eigenvalue weighted by atomic mass is 16.3. The Bertz CT molecular complexity index is 1400. The van der Waals surface area contributed by atoms with Gasteiger partial charge in [-0.2, -0.15) is 0 Å². The Hall–Kier alpha value is -3.48. The summed E-state index contributed by atoms with van der Waals surface area (Å²) in [6.45, 7) is 6.01. The van der Waals surface area contributed by atoms with Crippen LogP contribution in [0, 0.1) is 13.8 Å². The standard InChI is InChI=1S/C30H34N4O2/c1-19-14-23(15-20(2)27(19)30(36)10-12-34(5)13-11-30)24-16-25-26(18-32-28(25)31-17-24)21-6-8-22(9-7-21)29(35)33(3)4/h6-9,14-18,36H,10-13H2,1-5H3,(H,31,32). The molecule has 0 bridgehead atoms. The second-order valence-electron chi connectivity index (χ2n) is 10.4. The number of aryl methyl sites for hydroxylation is 2. The Morgan fingerprint density at radius 3 is 2.25 bits per heavy atom. The minimum absolute atomic E-state index is 0.0106. The molecule has 5 rings (SSSR count). The van der Waals surface area contributed by atoms with Gasteiger partial charge in [0.15, 0.2) is 0 Å². The summed E-state index contributed by atoms with van der Waals surface area (Å²) in [5.41, 5.74) is 8.25. The molecule has 186 valence electrons. The molecule has 6 heteroatoms. The SMILES string of the molecule is Cc1cc(-c2cnc3[nH]cc(-c4ccc(C(=O)N(C)C)cc4)c3c2)cc(C)c1C1(O)CCN(C)CC1. The summed E-state index contributed by atoms with van der Waals surface area (Å²) in [4.78, 5) is 24.1. The minimum Gasteiger partial charge on any atom is -0.385 e. The van der Waals surface area contributed by atoms with E-state index in [0.717, 1.165) is 75.9 Å². The average Bonchev–Trinajstić information content (AvgIpc) is 3.28. The number of piperidine rings is 1. The fourth-order valence-corrected chi connectivity index (χ4v) is 5.55. The topological polar surface area (TPSA) is 72.5 Å². The monoisotopic (exact) mass is 482 g/mol. The van der Waals surface area contributed by atoms with E-state index in [2.05, 4.69) is 49.0 Å². The van der Waals surface area contributed by atoms with Crippen molar-refractivity contribution in [2.45, 2.75) is 32.3 Å². The number of aliphatic hydroxyl groups is 1. The molecule has 1 aliphatic heterocycles. The van der Waals surface area contributed by atoms with Crippen molar-refractivity contribution in [3.05, 3.63) is 77.1 Å². The molecule has 0 unspecified atom stereocenters. The second-order valence-corrected chi connectivity index (χ2v) is 10.4. The van der Waals surface area contributed by atoms with Gasteiger partial charge in [0.05, 0.1) is 5.60 Å². The molecule has 1 amide bonds. The minimum atomic E-state index is -0.769. The summed E-state index contributed by atoms with van der Waals surface area (Å²) in [7, 11) is 5.62. The van der Waals surface area contributed by atoms with E-state index in [1.165, 1.54) is 0 Å². The maximum atomic E-state index is 12.3. The normalized spacial score (nSPS) is 15.8. The smallest absolute Gasteiger partial charge is 0.253 e. The maximum absolute atomic E-state index is 12.3. The van der Waals surface area contributed by atoms with Crippen LogP contribution in [-0.2, 0) is 5.60 Å². The van der Waals surface area contributed by atoms with Gasteiger partial charge in [0.1, 0.15) is 5.65 Å². The number of hydrogen-bond acceptors (Lipinski definition) is 4. The first-order valence-electron chi connectivity index (χ1n) is 12.5. The Labute approximate surface area is 212 Å². The number of benzene rings is 2. The highest BCUT2D eigenvalue weighted by Gasteiger charge is 2.35. The van der Waals surface area contributed by atoms with Gasteiger partial charge in [-0.3, -0.25) is 4.79 Å². The number of likely N-dealkylation sites (tertiary alicyclic amines) is 1. The van der Waals surface area contributed by atoms with E-state index >= 15 is 0 Å². The van der Waals surface area contributed by atoms with Crippen LogP contribution in [0.25, 0.3) is 33.3 Å². The van der Waals surface area contributed by atoms with Crippen LogP contribution in [0.5, 0.6) is 0 Å². The van der Waals surface area contributed by atoms with Gasteiger partial charge in [0, 0.05) is 61.7 Å². The molecule has 0 radical (unpaired) electrons. The van der Waals surface area contributed by atoms with Gasteiger partial charge >= 0.3 is 0 Å². The largest absolute Gasteiger partial charge is 0.385 e. The number of H-pyrrole nitrogens is 1. The molecule has 1 fully saturated rings. The maximum Gasteiger partial charge on any atom is 0.253 e. The van der Waals surface area contributed by atoms with Crippen molar-refractivity contribution >= 4 is 16.9 Å². The number of carbonyl (C=O) groups is 1. The number of aromatic amines is 1. The van der Waals surface area contributed by atoms with E-state index < -0.39 is 5.60 Å². The molecular formula is C30H34N4O2. The van der Waals surface area contributed by atoms with Crippen LogP contribution < -0.4 is 0 Å². The van der Waals surface area contributed by atoms with Crippen molar-refractivity contribution in [1.82, 2.24) is 19.8 Å². The quantitative estimate of drug-likeness (QED) is 0.423. The van der Waals surface area contributed by atoms with Crippen molar-refractivity contribution in [2.24, 2.45) is 0 Å². The predicted octanol–water partition coefficient (Wildman–Crippen LogP) is 5.13. The third-order valence-electron chi connectivity index (χ3n) is 7.53. The van der Waals surface area contributed by atoms with Crippen molar-refractivity contribution in [2.75, 3.05) is 34.2 Å². The fraction of sp³-hybridized carbons (Fsp3) is 0.333. The van der Waals surface area contributed by atoms with E-state index in [4.69, 9.17) is 4.98 Å². The lowest BCUT2D eigenvalue weighted by atomic mass is 9.79. The van der Waals surface area contributed by atoms with Crippen molar-refractivity contribution < 1.29 is 9.90 Å². The van der Waals surface area contributed by atoms with Gasteiger partial charge < -0.3 is 19.9 Å². The molecule has 36 heavy (non-hydrogen) atoms. The highest BCUT2D eigenvalue weighted by Crippen LogP contribution is 2.39. The molecule has 2 aromatic carbocycles. The summed E-state index contributed by atoms with van der Waals surface area (Å²) >= 11 is 0. The third-order valence-corrected chi connectivity index (χ3v) is 7.53. The molecule has 1 saturated heterocycles. The van der Waals surface area contributed by atoms with Crippen LogP contribution in [0.1, 0.15) is 39.9 Å². The number of hydrogen-bond donors (Lipinski definition) is 2. The molecule has 3 heterocycles. The average molecular weight is 483 g/mol. The van der Waals surface area contributed by atoms with E-state index in [1.54, 1.807) is 19.0 Å². The van der Waals surface area contributed by atoms with Gasteiger partial charge in [-0.15, -0.1) is 0 Å². The summed E-state index contributed by atoms with van der Waals surface area (Å²) in [5.74, 6) is -0.0106. The first-order valence-corrected chi connectivity index (χ1v) is 12.5. The molecule has 2 N–H and O–H groups in total. The first kappa shape index (κ1) is 24.2. The predicted molar refractivity (Wildman–Crippen MR) is 145 cm³/mol. The van der Waals surface area contributed by atoms with Gasteiger partial charge in [-0.25, -0.2) is 4.98 Å². The van der Waals surface area contributed by atoms with Gasteiger partial charge in [-0.05, 0) is 79.8 Å². The van der Waals surface area contributed by atoms with Crippen molar-refractivity contribution in [3.63, 3.8) is 0 Å². The van der Waals surface area contributed by atoms with E-state index in [9.17, 15) is 9.90 Å². The van der Waals surface area contributed by atoms with Crippen LogP contribution in [0.4, 0.5) is 0 Å². The van der Waals surface area contributed by atoms with Gasteiger partial charge in [0.25, 0.3) is 5.91 Å². The Balaban J connectivity index is 1.51. The number of carbonyl (C=O) groups excluding carboxylic acids is 1. The Morgan fingerprint density at radius 1 is 1.00 bits per heavy atom. The number of amides is 1. The van der Waals surface area contributed by atoms with Crippen LogP contribution in [0.2, 0.25) is 0 Å². The van der Waals surface area contributed by atoms with Crippen LogP contribution >= 0.6 is 0 Å². The highest BCUT2D eigenvalue weighted by molar-refractivity contribution is 5.98. The van der Waals surface area contributed by atoms with Gasteiger partial charge in [0.2, 0.25) is 0 Å². The molecule has 6 nitrogen and oxygen atoms in total. The van der Waals surface area contributed by atoms with Gasteiger partial charge in [-0.1, -0.05) is 24.3 Å². The molecule has 0 spiro atoms. The number of rotatable bonds is 4. The molecule has 0 aliphatic carbocycles. The summed E-state index contributed by atoms with van der Waals surface area (Å²) < 4.78 is 0. The zero-order valence-corrected chi connectivity index (χ0v) is 21.7. The van der Waals surface area contributed by atoms with Crippen molar-refractivity contribution in [1.29, 1.82) is 0 Å². The number of nitrogens with one attached hydrogen (secondary N) is 1. The summed E-state index contributed by atoms with van der Waals surface area (Å²) in [6.07, 6.45) is 5.38. The first-order chi connectivity index (χ1) is 17.2. The number of aromatic nitrogens is 2. The van der Waals surface area contributed by atoms with E-state index in [-0.39, 0.29) is 5.91 Å². The number of pyridine rings is 1. The lowest BCUT2D eigenvalue weighted by molar-refractivity contribution is -0.0212. The van der Waals surface area contributed by atoms with E-state index in [1.807, 2.05) is 36.7 Å². The summed E-state index contributed by atoms with van der Waals surface area (Å²) in [5, 5.41) is 12.5. The van der Waals surface area contributed by atoms with Crippen LogP contribution in [0.15, 0.2) is 54.9 Å². The lowest BCUT2D eigenvalue weighted by Crippen LogP contribution is -2.41. The van der Waals surface area contributed by atoms with Crippen LogP contribution in [-0.4, -0.2) is 65.0 Å². The van der Waals surface area contributed by atoms with E-state index in [0.29, 0.717) is 5.56 Å². The molecule has 2 aromatic heterocycles. The number of fused-ring (bicyclic) bond motifs is 1.